The summed E-state index contributed by atoms with van der Waals surface area (Å²) in [5.74, 6) is -0.799. The molecule has 3 nitrogen and oxygen atoms in total. The molecule has 1 atom stereocenters. The number of carboxylic acid groups (broad SMARTS) is 1. The standard InChI is InChI=1S/C14H17Cl2NO2/c15-11-6-10(7-12(16)8-11)13(9-14(18)19)17-4-2-1-3-5-17/h6-8,13H,1-5,9H2,(H,18,19). The number of carboxylic acids is 1. The number of hydrogen-bond acceptors (Lipinski definition) is 2. The van der Waals surface area contributed by atoms with E-state index in [9.17, 15) is 4.79 Å². The van der Waals surface area contributed by atoms with E-state index >= 15 is 0 Å². The maximum Gasteiger partial charge on any atom is 0.305 e. The molecule has 1 fully saturated rings. The molecule has 0 saturated carbocycles. The van der Waals surface area contributed by atoms with Crippen LogP contribution in [-0.4, -0.2) is 29.1 Å². The van der Waals surface area contributed by atoms with Gasteiger partial charge >= 0.3 is 5.97 Å². The predicted octanol–water partition coefficient (Wildman–Crippen LogP) is 4.00. The fourth-order valence-corrected chi connectivity index (χ4v) is 3.16. The van der Waals surface area contributed by atoms with Gasteiger partial charge in [0.2, 0.25) is 0 Å². The second-order valence-corrected chi connectivity index (χ2v) is 5.79. The highest BCUT2D eigenvalue weighted by atomic mass is 35.5. The smallest absolute Gasteiger partial charge is 0.305 e. The Morgan fingerprint density at radius 2 is 1.74 bits per heavy atom. The van der Waals surface area contributed by atoms with Crippen molar-refractivity contribution in [3.63, 3.8) is 0 Å². The summed E-state index contributed by atoms with van der Waals surface area (Å²) in [6.07, 6.45) is 3.53. The second kappa shape index (κ2) is 6.60. The molecule has 1 unspecified atom stereocenters. The molecule has 19 heavy (non-hydrogen) atoms. The first-order chi connectivity index (χ1) is 9.06. The molecule has 0 amide bonds. The van der Waals surface area contributed by atoms with Crippen molar-refractivity contribution >= 4 is 29.2 Å². The summed E-state index contributed by atoms with van der Waals surface area (Å²) in [6.45, 7) is 1.87. The van der Waals surface area contributed by atoms with Crippen LogP contribution in [0.15, 0.2) is 18.2 Å². The van der Waals surface area contributed by atoms with Crippen LogP contribution in [0.3, 0.4) is 0 Å². The van der Waals surface area contributed by atoms with Crippen LogP contribution >= 0.6 is 23.2 Å². The summed E-state index contributed by atoms with van der Waals surface area (Å²) in [5, 5.41) is 10.2. The van der Waals surface area contributed by atoms with Crippen LogP contribution in [0.2, 0.25) is 10.0 Å². The third kappa shape index (κ3) is 4.10. The first kappa shape index (κ1) is 14.6. The van der Waals surface area contributed by atoms with Gasteiger partial charge in [0.15, 0.2) is 0 Å². The van der Waals surface area contributed by atoms with Crippen molar-refractivity contribution in [3.05, 3.63) is 33.8 Å². The third-order valence-electron chi connectivity index (χ3n) is 3.47. The van der Waals surface area contributed by atoms with Crippen molar-refractivity contribution in [1.29, 1.82) is 0 Å². The lowest BCUT2D eigenvalue weighted by Crippen LogP contribution is -2.35. The van der Waals surface area contributed by atoms with E-state index in [0.29, 0.717) is 10.0 Å². The Morgan fingerprint density at radius 3 is 2.26 bits per heavy atom. The minimum Gasteiger partial charge on any atom is -0.481 e. The van der Waals surface area contributed by atoms with Gasteiger partial charge in [-0.25, -0.2) is 0 Å². The highest BCUT2D eigenvalue weighted by Crippen LogP contribution is 2.31. The van der Waals surface area contributed by atoms with E-state index in [1.54, 1.807) is 6.07 Å². The molecular formula is C14H17Cl2NO2. The molecule has 104 valence electrons. The van der Waals surface area contributed by atoms with E-state index in [2.05, 4.69) is 4.90 Å². The molecule has 1 aliphatic heterocycles. The number of likely N-dealkylation sites (tertiary alicyclic amines) is 1. The Balaban J connectivity index is 2.27. The molecule has 0 aliphatic carbocycles. The highest BCUT2D eigenvalue weighted by molar-refractivity contribution is 6.34. The summed E-state index contributed by atoms with van der Waals surface area (Å²) in [5.41, 5.74) is 0.891. The number of carbonyl (C=O) groups is 1. The van der Waals surface area contributed by atoms with Crippen LogP contribution in [0, 0.1) is 0 Å². The minimum atomic E-state index is -0.799. The maximum absolute atomic E-state index is 11.1. The van der Waals surface area contributed by atoms with Crippen LogP contribution in [0.5, 0.6) is 0 Å². The molecule has 0 bridgehead atoms. The zero-order valence-electron chi connectivity index (χ0n) is 10.6. The molecule has 0 spiro atoms. The zero-order chi connectivity index (χ0) is 13.8. The lowest BCUT2D eigenvalue weighted by molar-refractivity contribution is -0.138. The summed E-state index contributed by atoms with van der Waals surface area (Å²) in [6, 6.07) is 5.15. The topological polar surface area (TPSA) is 40.5 Å². The maximum atomic E-state index is 11.1. The Kier molecular flexibility index (Phi) is 5.08. The van der Waals surface area contributed by atoms with Gasteiger partial charge in [0.1, 0.15) is 0 Å². The molecule has 2 rings (SSSR count). The third-order valence-corrected chi connectivity index (χ3v) is 3.91. The van der Waals surface area contributed by atoms with Crippen molar-refractivity contribution in [1.82, 2.24) is 4.90 Å². The van der Waals surface area contributed by atoms with E-state index < -0.39 is 5.97 Å². The number of benzene rings is 1. The van der Waals surface area contributed by atoms with Crippen molar-refractivity contribution in [3.8, 4) is 0 Å². The summed E-state index contributed by atoms with van der Waals surface area (Å²) in [4.78, 5) is 13.3. The van der Waals surface area contributed by atoms with Crippen LogP contribution in [0.4, 0.5) is 0 Å². The predicted molar refractivity (Wildman–Crippen MR) is 76.9 cm³/mol. The van der Waals surface area contributed by atoms with Crippen LogP contribution < -0.4 is 0 Å². The number of rotatable bonds is 4. The molecule has 0 radical (unpaired) electrons. The average Bonchev–Trinajstić information content (AvgIpc) is 2.35. The molecule has 1 N–H and O–H groups in total. The van der Waals surface area contributed by atoms with Crippen molar-refractivity contribution in [2.24, 2.45) is 0 Å². The average molecular weight is 302 g/mol. The van der Waals surface area contributed by atoms with Crippen LogP contribution in [0.25, 0.3) is 0 Å². The van der Waals surface area contributed by atoms with Gasteiger partial charge < -0.3 is 5.11 Å². The SMILES string of the molecule is O=C(O)CC(c1cc(Cl)cc(Cl)c1)N1CCCCC1. The monoisotopic (exact) mass is 301 g/mol. The van der Waals surface area contributed by atoms with Gasteiger partial charge in [-0.05, 0) is 49.7 Å². The van der Waals surface area contributed by atoms with Crippen LogP contribution in [0.1, 0.15) is 37.3 Å². The number of halogens is 2. The molecule has 1 aromatic carbocycles. The lowest BCUT2D eigenvalue weighted by atomic mass is 9.99. The summed E-state index contributed by atoms with van der Waals surface area (Å²) >= 11 is 12.0. The molecular weight excluding hydrogens is 285 g/mol. The first-order valence-electron chi connectivity index (χ1n) is 6.48. The lowest BCUT2D eigenvalue weighted by Gasteiger charge is -2.34. The molecule has 1 heterocycles. The van der Waals surface area contributed by atoms with Gasteiger partial charge in [-0.1, -0.05) is 29.6 Å². The van der Waals surface area contributed by atoms with Crippen molar-refractivity contribution in [2.45, 2.75) is 31.7 Å². The van der Waals surface area contributed by atoms with E-state index in [1.165, 1.54) is 6.42 Å². The van der Waals surface area contributed by atoms with E-state index in [-0.39, 0.29) is 12.5 Å². The number of piperidine rings is 1. The normalized spacial score (nSPS) is 18.2. The van der Waals surface area contributed by atoms with Gasteiger partial charge in [0, 0.05) is 16.1 Å². The Morgan fingerprint density at radius 1 is 1.16 bits per heavy atom. The fourth-order valence-electron chi connectivity index (χ4n) is 2.62. The summed E-state index contributed by atoms with van der Waals surface area (Å²) in [7, 11) is 0. The largest absolute Gasteiger partial charge is 0.481 e. The molecule has 0 aromatic heterocycles. The van der Waals surface area contributed by atoms with Gasteiger partial charge in [-0.3, -0.25) is 9.69 Å². The Bertz CT molecular complexity index is 439. The van der Waals surface area contributed by atoms with Crippen LogP contribution in [-0.2, 0) is 4.79 Å². The second-order valence-electron chi connectivity index (χ2n) is 4.91. The quantitative estimate of drug-likeness (QED) is 0.914. The van der Waals surface area contributed by atoms with Crippen molar-refractivity contribution < 1.29 is 9.90 Å². The number of nitrogens with zero attached hydrogens (tertiary/aromatic N) is 1. The van der Waals surface area contributed by atoms with Gasteiger partial charge in [0.25, 0.3) is 0 Å². The highest BCUT2D eigenvalue weighted by Gasteiger charge is 2.25. The van der Waals surface area contributed by atoms with Gasteiger partial charge in [-0.2, -0.15) is 0 Å². The van der Waals surface area contributed by atoms with Gasteiger partial charge in [-0.15, -0.1) is 0 Å². The summed E-state index contributed by atoms with van der Waals surface area (Å²) < 4.78 is 0. The van der Waals surface area contributed by atoms with E-state index in [1.807, 2.05) is 12.1 Å². The zero-order valence-corrected chi connectivity index (χ0v) is 12.1. The Labute approximate surface area is 123 Å². The molecule has 1 aliphatic rings. The number of hydrogen-bond donors (Lipinski definition) is 1. The first-order valence-corrected chi connectivity index (χ1v) is 7.23. The molecule has 1 aromatic rings. The van der Waals surface area contributed by atoms with Crippen molar-refractivity contribution in [2.75, 3.05) is 13.1 Å². The molecule has 5 heteroatoms. The van der Waals surface area contributed by atoms with E-state index in [4.69, 9.17) is 28.3 Å². The molecule has 1 saturated heterocycles. The minimum absolute atomic E-state index is 0.0800. The Hall–Kier alpha value is -0.770. The van der Waals surface area contributed by atoms with E-state index in [0.717, 1.165) is 31.5 Å². The van der Waals surface area contributed by atoms with Gasteiger partial charge in [0.05, 0.1) is 6.42 Å². The number of aliphatic carboxylic acids is 1. The fraction of sp³-hybridized carbons (Fsp3) is 0.500.